The molecule has 0 amide bonds. The largest absolute Gasteiger partial charge is 0.255 e. The highest BCUT2D eigenvalue weighted by Crippen LogP contribution is 2.48. The average Bonchev–Trinajstić information content (AvgIpc) is 2.86. The van der Waals surface area contributed by atoms with Crippen molar-refractivity contribution in [2.24, 2.45) is 12.0 Å². The maximum Gasteiger partial charge on any atom is 0.155 e. The monoisotopic (exact) mass is 440 g/mol. The molecule has 0 N–H and O–H groups in total. The highest BCUT2D eigenvalue weighted by Gasteiger charge is 2.30. The molecule has 3 heterocycles. The van der Waals surface area contributed by atoms with Crippen molar-refractivity contribution in [3.63, 3.8) is 0 Å². The maximum absolute atomic E-state index is 4.89. The van der Waals surface area contributed by atoms with E-state index >= 15 is 0 Å². The van der Waals surface area contributed by atoms with Crippen LogP contribution in [-0.4, -0.2) is 26.2 Å². The number of aromatic nitrogens is 3. The third-order valence-electron chi connectivity index (χ3n) is 4.81. The molecule has 0 saturated heterocycles. The van der Waals surface area contributed by atoms with Gasteiger partial charge in [0.05, 0.1) is 10.9 Å². The number of halogens is 1. The molecule has 0 saturated carbocycles. The molecule has 1 unspecified atom stereocenters. The Kier molecular flexibility index (Phi) is 4.95. The van der Waals surface area contributed by atoms with Crippen LogP contribution in [0.25, 0.3) is 11.4 Å². The summed E-state index contributed by atoms with van der Waals surface area (Å²) in [5, 5.41) is 4.97. The average molecular weight is 441 g/mol. The van der Waals surface area contributed by atoms with Crippen molar-refractivity contribution in [3.8, 4) is 11.4 Å². The Labute approximate surface area is 172 Å². The molecule has 6 heteroatoms. The van der Waals surface area contributed by atoms with Crippen molar-refractivity contribution in [3.05, 3.63) is 63.3 Å². The second-order valence-corrected chi connectivity index (χ2v) is 8.87. The number of hydrogen-bond acceptors (Lipinski definition) is 4. The topological polar surface area (TPSA) is 43.1 Å². The normalized spacial score (nSPS) is 16.6. The molecular weight excluding hydrogens is 420 g/mol. The van der Waals surface area contributed by atoms with Crippen LogP contribution in [0.15, 0.2) is 46.0 Å². The number of thioether (sulfide) groups is 1. The summed E-state index contributed by atoms with van der Waals surface area (Å²) in [6, 6.07) is 10.5. The van der Waals surface area contributed by atoms with E-state index in [1.807, 2.05) is 47.9 Å². The van der Waals surface area contributed by atoms with Crippen molar-refractivity contribution >= 4 is 39.2 Å². The minimum absolute atomic E-state index is 0.165. The predicted molar refractivity (Wildman–Crippen MR) is 117 cm³/mol. The third kappa shape index (κ3) is 3.36. The molecule has 1 aliphatic rings. The van der Waals surface area contributed by atoms with Gasteiger partial charge in [-0.3, -0.25) is 9.67 Å². The van der Waals surface area contributed by atoms with Gasteiger partial charge in [0.1, 0.15) is 5.69 Å². The van der Waals surface area contributed by atoms with Gasteiger partial charge in [0.2, 0.25) is 0 Å². The van der Waals surface area contributed by atoms with E-state index in [0.717, 1.165) is 38.7 Å². The molecule has 4 nitrogen and oxygen atoms in total. The highest BCUT2D eigenvalue weighted by molar-refractivity contribution is 9.10. The van der Waals surface area contributed by atoms with Crippen LogP contribution in [0.2, 0.25) is 0 Å². The second-order valence-electron chi connectivity index (χ2n) is 6.92. The molecule has 138 valence electrons. The standard InChI is InChI=1S/C21H21BrN4S/c1-12-10-16(22)13(2)9-15(12)20-18-19(17-7-5-6-8-23-17)25-26(4)21(18)24-14(3)11-27-20/h5-10,20H,11H2,1-4H3. The number of benzene rings is 1. The lowest BCUT2D eigenvalue weighted by atomic mass is 9.97. The Morgan fingerprint density at radius 1 is 1.15 bits per heavy atom. The number of rotatable bonds is 2. The first-order chi connectivity index (χ1) is 13.0. The van der Waals surface area contributed by atoms with Gasteiger partial charge < -0.3 is 0 Å². The van der Waals surface area contributed by atoms with Gasteiger partial charge in [0.25, 0.3) is 0 Å². The van der Waals surface area contributed by atoms with Gasteiger partial charge in [-0.2, -0.15) is 5.10 Å². The number of fused-ring (bicyclic) bond motifs is 1. The van der Waals surface area contributed by atoms with E-state index in [0.29, 0.717) is 0 Å². The first-order valence-electron chi connectivity index (χ1n) is 8.86. The number of aliphatic imine (C=N–C) groups is 1. The maximum atomic E-state index is 4.89. The van der Waals surface area contributed by atoms with Crippen LogP contribution in [0.5, 0.6) is 0 Å². The van der Waals surface area contributed by atoms with E-state index in [4.69, 9.17) is 10.1 Å². The molecule has 1 atom stereocenters. The second kappa shape index (κ2) is 7.24. The molecule has 0 aliphatic carbocycles. The SMILES string of the molecule is CC1=Nc2c(c(-c3ccccn3)nn2C)C(c2cc(C)c(Br)cc2C)SC1. The first-order valence-corrected chi connectivity index (χ1v) is 10.7. The molecule has 27 heavy (non-hydrogen) atoms. The van der Waals surface area contributed by atoms with Gasteiger partial charge in [-0.05, 0) is 55.7 Å². The number of hydrogen-bond donors (Lipinski definition) is 0. The van der Waals surface area contributed by atoms with Gasteiger partial charge in [-0.25, -0.2) is 4.99 Å². The minimum atomic E-state index is 0.165. The van der Waals surface area contributed by atoms with Gasteiger partial charge in [0, 0.05) is 34.7 Å². The summed E-state index contributed by atoms with van der Waals surface area (Å²) in [7, 11) is 1.97. The zero-order valence-corrected chi connectivity index (χ0v) is 18.2. The van der Waals surface area contributed by atoms with Gasteiger partial charge >= 0.3 is 0 Å². The number of nitrogens with zero attached hydrogens (tertiary/aromatic N) is 4. The Morgan fingerprint density at radius 2 is 1.96 bits per heavy atom. The van der Waals surface area contributed by atoms with Crippen LogP contribution in [-0.2, 0) is 7.05 Å². The van der Waals surface area contributed by atoms with Crippen LogP contribution >= 0.6 is 27.7 Å². The van der Waals surface area contributed by atoms with Crippen LogP contribution in [0.4, 0.5) is 5.82 Å². The molecule has 4 rings (SSSR count). The van der Waals surface area contributed by atoms with Crippen LogP contribution in [0.1, 0.15) is 34.4 Å². The fourth-order valence-corrected chi connectivity index (χ4v) is 5.18. The Balaban J connectivity index is 1.98. The molecule has 2 aromatic heterocycles. The molecule has 3 aromatic rings. The van der Waals surface area contributed by atoms with E-state index in [1.165, 1.54) is 16.7 Å². The lowest BCUT2D eigenvalue weighted by molar-refractivity contribution is 0.772. The van der Waals surface area contributed by atoms with Crippen LogP contribution in [0.3, 0.4) is 0 Å². The van der Waals surface area contributed by atoms with E-state index in [-0.39, 0.29) is 5.25 Å². The number of pyridine rings is 1. The molecule has 0 spiro atoms. The Bertz CT molecular complexity index is 1040. The van der Waals surface area contributed by atoms with Gasteiger partial charge in [0.15, 0.2) is 5.82 Å². The van der Waals surface area contributed by atoms with E-state index in [1.54, 1.807) is 0 Å². The summed E-state index contributed by atoms with van der Waals surface area (Å²) in [4.78, 5) is 9.45. The Morgan fingerprint density at radius 3 is 2.70 bits per heavy atom. The molecular formula is C21H21BrN4S. The van der Waals surface area contributed by atoms with Crippen molar-refractivity contribution in [2.45, 2.75) is 26.0 Å². The summed E-state index contributed by atoms with van der Waals surface area (Å²) in [5.74, 6) is 1.83. The van der Waals surface area contributed by atoms with Crippen molar-refractivity contribution < 1.29 is 0 Å². The van der Waals surface area contributed by atoms with E-state index in [2.05, 4.69) is 53.8 Å². The zero-order valence-electron chi connectivity index (χ0n) is 15.8. The van der Waals surface area contributed by atoms with Gasteiger partial charge in [-0.1, -0.05) is 28.1 Å². The van der Waals surface area contributed by atoms with Crippen LogP contribution < -0.4 is 0 Å². The van der Waals surface area contributed by atoms with E-state index < -0.39 is 0 Å². The highest BCUT2D eigenvalue weighted by atomic mass is 79.9. The summed E-state index contributed by atoms with van der Waals surface area (Å²) in [6.07, 6.45) is 1.82. The fraction of sp³-hybridized carbons (Fsp3) is 0.286. The van der Waals surface area contributed by atoms with Crippen molar-refractivity contribution in [1.82, 2.24) is 14.8 Å². The zero-order chi connectivity index (χ0) is 19.1. The van der Waals surface area contributed by atoms with E-state index in [9.17, 15) is 0 Å². The third-order valence-corrected chi connectivity index (χ3v) is 7.07. The predicted octanol–water partition coefficient (Wildman–Crippen LogP) is 5.79. The quantitative estimate of drug-likeness (QED) is 0.506. The molecule has 0 fully saturated rings. The summed E-state index contributed by atoms with van der Waals surface area (Å²) < 4.78 is 3.04. The lowest BCUT2D eigenvalue weighted by Crippen LogP contribution is -2.03. The van der Waals surface area contributed by atoms with Crippen molar-refractivity contribution in [1.29, 1.82) is 0 Å². The first kappa shape index (κ1) is 18.4. The summed E-state index contributed by atoms with van der Waals surface area (Å²) in [6.45, 7) is 6.40. The lowest BCUT2D eigenvalue weighted by Gasteiger charge is -2.20. The summed E-state index contributed by atoms with van der Waals surface area (Å²) in [5.41, 5.74) is 7.91. The van der Waals surface area contributed by atoms with Crippen LogP contribution in [0, 0.1) is 13.8 Å². The number of aryl methyl sites for hydroxylation is 3. The fourth-order valence-electron chi connectivity index (χ4n) is 3.43. The molecule has 1 aliphatic heterocycles. The minimum Gasteiger partial charge on any atom is -0.255 e. The molecule has 1 aromatic carbocycles. The van der Waals surface area contributed by atoms with Crippen molar-refractivity contribution in [2.75, 3.05) is 5.75 Å². The Hall–Kier alpha value is -1.92. The van der Waals surface area contributed by atoms with Gasteiger partial charge in [-0.15, -0.1) is 11.8 Å². The molecule has 0 bridgehead atoms. The summed E-state index contributed by atoms with van der Waals surface area (Å²) >= 11 is 5.57. The molecule has 0 radical (unpaired) electrons. The smallest absolute Gasteiger partial charge is 0.155 e.